The summed E-state index contributed by atoms with van der Waals surface area (Å²) < 4.78 is 11.3. The Bertz CT molecular complexity index is 3730. The van der Waals surface area contributed by atoms with Crippen LogP contribution >= 0.6 is 11.3 Å². The summed E-state index contributed by atoms with van der Waals surface area (Å²) in [7, 11) is 0. The van der Waals surface area contributed by atoms with Crippen molar-refractivity contribution in [1.82, 2.24) is 51.0 Å². The Kier molecular flexibility index (Phi) is 27.8. The van der Waals surface area contributed by atoms with Crippen molar-refractivity contribution < 1.29 is 62.5 Å². The maximum atomic E-state index is 14.2. The van der Waals surface area contributed by atoms with Crippen LogP contribution in [0.4, 0.5) is 17.2 Å². The van der Waals surface area contributed by atoms with Crippen molar-refractivity contribution in [2.24, 2.45) is 17.3 Å². The van der Waals surface area contributed by atoms with Gasteiger partial charge < -0.3 is 56.7 Å². The second kappa shape index (κ2) is 36.9. The van der Waals surface area contributed by atoms with Gasteiger partial charge in [0.2, 0.25) is 29.5 Å². The summed E-state index contributed by atoms with van der Waals surface area (Å²) in [5, 5.41) is 25.3. The number of aliphatic hydroxyl groups excluding tert-OH is 1. The maximum absolute atomic E-state index is 14.2. The Hall–Kier alpha value is -9.18. The van der Waals surface area contributed by atoms with Crippen LogP contribution in [0.25, 0.3) is 21.7 Å². The fraction of sp³-hybridized carbons (Fsp3) is 0.514. The van der Waals surface area contributed by atoms with Crippen molar-refractivity contribution in [2.75, 3.05) is 75.1 Å². The number of Topliss-reactive ketones (excluding diaryl/α,β-unsaturated/α-hetero) is 2. The number of imide groups is 1. The number of ketones is 2. The van der Waals surface area contributed by atoms with Crippen LogP contribution in [0.2, 0.25) is 0 Å². The van der Waals surface area contributed by atoms with Crippen molar-refractivity contribution in [3.8, 4) is 21.7 Å². The molecule has 8 N–H and O–H groups in total. The van der Waals surface area contributed by atoms with Crippen LogP contribution < -0.4 is 37.2 Å². The number of ether oxygens (including phenoxy) is 2. The molecule has 0 radical (unpaired) electrons. The minimum Gasteiger partial charge on any atom is -0.391 e. The molecule has 2 saturated heterocycles. The third kappa shape index (κ3) is 22.2. The Balaban J connectivity index is 0.713. The molecule has 4 atom stereocenters. The second-order valence-electron chi connectivity index (χ2n) is 27.5. The van der Waals surface area contributed by atoms with E-state index in [0.29, 0.717) is 108 Å². The molecule has 4 aliphatic rings. The third-order valence-electron chi connectivity index (χ3n) is 18.9. The number of thiazole rings is 1. The number of benzene rings is 2. The highest BCUT2D eigenvalue weighted by molar-refractivity contribution is 7.13. The summed E-state index contributed by atoms with van der Waals surface area (Å²) in [4.78, 5) is 156. The zero-order valence-corrected chi connectivity index (χ0v) is 59.0. The molecule has 0 spiro atoms. The third-order valence-corrected chi connectivity index (χ3v) is 19.8. The summed E-state index contributed by atoms with van der Waals surface area (Å²) in [6, 6.07) is 14.2. The number of nitrogens with two attached hydrogens (primary N) is 1. The number of amides is 8. The standard InChI is InChI=1S/C74H95N13O13S/c1-47-67(101-46-80-47)52-22-16-49(17-23-52)41-79-71(96)60-40-55(89)45-86(60)73(98)68(74(2,3)4)84-63(92)31-37-99-36-9-11-54(88)26-27-56(81-62(91)13-6-5-7-32-77-70(95)53-24-18-50(19-25-53)44-87-64(93)28-29-65(87)94)61(90)12-8-10-48-14-20-51(21-15-48)57-43-78-69(75)66(82-57)72(97)83-58-42-76-33-30-59(58)85-34-38-100-39-35-85/h14-17,20-23,28-30,33,42-43,46,50,53,55-56,60,68,89H,5-13,18-19,24-27,31-32,34-41,44-45H2,1-4H3,(H2,75,78)(H,77,95)(H,79,96)(H,81,91)(H,83,97)(H,84,92)/t50?,53?,55-,56+,60+,68-/m1/s1. The first-order valence-electron chi connectivity index (χ1n) is 35.2. The molecular weight excluding hydrogens is 1310 g/mol. The van der Waals surface area contributed by atoms with Gasteiger partial charge in [-0.15, -0.1) is 11.3 Å². The zero-order valence-electron chi connectivity index (χ0n) is 58.2. The first-order chi connectivity index (χ1) is 48.6. The van der Waals surface area contributed by atoms with Gasteiger partial charge in [-0.3, -0.25) is 57.8 Å². The Labute approximate surface area is 593 Å². The summed E-state index contributed by atoms with van der Waals surface area (Å²) in [6.45, 7) is 10.9. The molecule has 1 aliphatic carbocycles. The van der Waals surface area contributed by atoms with E-state index in [1.807, 2.05) is 61.5 Å². The van der Waals surface area contributed by atoms with Gasteiger partial charge in [-0.1, -0.05) is 75.7 Å². The number of carbonyl (C=O) groups is 10. The van der Waals surface area contributed by atoms with Crippen LogP contribution in [0, 0.1) is 24.2 Å². The topological polar surface area (TPSA) is 357 Å². The molecule has 0 bridgehead atoms. The summed E-state index contributed by atoms with van der Waals surface area (Å²) in [5.74, 6) is -3.20. The highest BCUT2D eigenvalue weighted by Gasteiger charge is 2.45. The first kappa shape index (κ1) is 76.0. The lowest BCUT2D eigenvalue weighted by Crippen LogP contribution is -2.57. The van der Waals surface area contributed by atoms with Crippen molar-refractivity contribution in [2.45, 2.75) is 168 Å². The molecule has 0 unspecified atom stereocenters. The van der Waals surface area contributed by atoms with Gasteiger partial charge in [-0.25, -0.2) is 15.0 Å². The predicted molar refractivity (Wildman–Crippen MR) is 380 cm³/mol. The number of nitrogens with zero attached hydrogens (tertiary/aromatic N) is 7. The van der Waals surface area contributed by atoms with Crippen LogP contribution in [0.1, 0.15) is 151 Å². The molecule has 9 rings (SSSR count). The minimum atomic E-state index is -1.02. The number of aromatic nitrogens is 4. The molecule has 3 fully saturated rings. The summed E-state index contributed by atoms with van der Waals surface area (Å²) in [6.07, 6.45) is 12.8. The molecule has 1 saturated carbocycles. The number of hydrogen-bond acceptors (Lipinski definition) is 20. The molecule has 101 heavy (non-hydrogen) atoms. The molecule has 2 aromatic carbocycles. The molecule has 8 amide bonds. The largest absolute Gasteiger partial charge is 0.391 e. The number of aryl methyl sites for hydroxylation is 2. The van der Waals surface area contributed by atoms with Crippen LogP contribution in [0.15, 0.2) is 90.9 Å². The number of pyridine rings is 1. The average molecular weight is 1410 g/mol. The van der Waals surface area contributed by atoms with E-state index in [0.717, 1.165) is 45.8 Å². The number of likely N-dealkylation sites (tertiary alicyclic amines) is 1. The van der Waals surface area contributed by atoms with E-state index < -0.39 is 53.3 Å². The average Bonchev–Trinajstić information content (AvgIpc) is 1.78. The lowest BCUT2D eigenvalue weighted by Gasteiger charge is -2.35. The van der Waals surface area contributed by atoms with Gasteiger partial charge in [-0.2, -0.15) is 0 Å². The maximum Gasteiger partial charge on any atom is 0.278 e. The van der Waals surface area contributed by atoms with Crippen molar-refractivity contribution >= 4 is 87.4 Å². The molecular formula is C74H95N13O13S. The molecule has 5 aromatic rings. The van der Waals surface area contributed by atoms with Gasteiger partial charge in [0, 0.05) is 114 Å². The number of nitrogen functional groups attached to an aromatic ring is 1. The Morgan fingerprint density at radius 2 is 1.48 bits per heavy atom. The fourth-order valence-corrected chi connectivity index (χ4v) is 13.8. The molecule has 3 aromatic heterocycles. The Morgan fingerprint density at radius 1 is 0.762 bits per heavy atom. The van der Waals surface area contributed by atoms with Gasteiger partial charge in [0.1, 0.15) is 17.9 Å². The highest BCUT2D eigenvalue weighted by Crippen LogP contribution is 2.33. The molecule has 27 heteroatoms. The van der Waals surface area contributed by atoms with Crippen LogP contribution in [0.5, 0.6) is 0 Å². The number of rotatable bonds is 35. The molecule has 540 valence electrons. The minimum absolute atomic E-state index is 0.00356. The quantitative estimate of drug-likeness (QED) is 0.0162. The number of aliphatic hydroxyl groups is 1. The number of β-amino-alcohol motifs (C(OH)–C–C–N with tert-alkyl or cyclic N) is 1. The van der Waals surface area contributed by atoms with Crippen LogP contribution in [0.3, 0.4) is 0 Å². The number of unbranched alkanes of at least 4 members (excludes halogenated alkanes) is 2. The van der Waals surface area contributed by atoms with E-state index in [9.17, 15) is 53.1 Å². The number of carbonyl (C=O) groups excluding carboxylic acids is 10. The highest BCUT2D eigenvalue weighted by atomic mass is 32.1. The SMILES string of the molecule is Cc1ncsc1-c1ccc(CNC(=O)[C@@H]2C[C@@H](O)CN2C(=O)[C@@H](NC(=O)CCOCCCC(=O)CC[C@H](NC(=O)CCCCCNC(=O)C2CCC(CN3C(=O)C=CC3=O)CC2)C(=O)CCCc2ccc(-c3cnc(N)c(C(=O)Nc4cnccc4N4CCOCC4)n3)cc2)C(C)(C)C)cc1. The van der Waals surface area contributed by atoms with Gasteiger partial charge in [0.15, 0.2) is 17.3 Å². The lowest BCUT2D eigenvalue weighted by atomic mass is 9.81. The van der Waals surface area contributed by atoms with Gasteiger partial charge in [-0.05, 0) is 105 Å². The normalized spacial score (nSPS) is 18.2. The second-order valence-corrected chi connectivity index (χ2v) is 28.4. The van der Waals surface area contributed by atoms with E-state index in [1.54, 1.807) is 50.0 Å². The van der Waals surface area contributed by atoms with E-state index in [2.05, 4.69) is 51.4 Å². The molecule has 3 aliphatic heterocycles. The zero-order chi connectivity index (χ0) is 72.0. The number of anilines is 3. The van der Waals surface area contributed by atoms with E-state index >= 15 is 0 Å². The predicted octanol–water partition coefficient (Wildman–Crippen LogP) is 6.77. The lowest BCUT2D eigenvalue weighted by molar-refractivity contribution is -0.144. The van der Waals surface area contributed by atoms with E-state index in [4.69, 9.17) is 15.2 Å². The van der Waals surface area contributed by atoms with E-state index in [1.165, 1.54) is 28.1 Å². The summed E-state index contributed by atoms with van der Waals surface area (Å²) >= 11 is 1.55. The van der Waals surface area contributed by atoms with Crippen molar-refractivity contribution in [3.05, 3.63) is 113 Å². The monoisotopic (exact) mass is 1410 g/mol. The van der Waals surface area contributed by atoms with Crippen molar-refractivity contribution in [1.29, 1.82) is 0 Å². The van der Waals surface area contributed by atoms with Gasteiger partial charge in [0.05, 0.1) is 77.5 Å². The summed E-state index contributed by atoms with van der Waals surface area (Å²) in [5.41, 5.74) is 13.3. The number of morpholine rings is 1. The Morgan fingerprint density at radius 3 is 2.19 bits per heavy atom. The molecule has 6 heterocycles. The van der Waals surface area contributed by atoms with Gasteiger partial charge >= 0.3 is 0 Å². The fourth-order valence-electron chi connectivity index (χ4n) is 13.0. The van der Waals surface area contributed by atoms with E-state index in [-0.39, 0.29) is 130 Å². The molecule has 26 nitrogen and oxygen atoms in total. The first-order valence-corrected chi connectivity index (χ1v) is 36.0. The van der Waals surface area contributed by atoms with Gasteiger partial charge in [0.25, 0.3) is 17.7 Å². The number of hydrogen-bond donors (Lipinski definition) is 7. The van der Waals surface area contributed by atoms with Crippen LogP contribution in [-0.2, 0) is 65.6 Å². The van der Waals surface area contributed by atoms with Crippen molar-refractivity contribution in [3.63, 3.8) is 0 Å². The number of nitrogens with one attached hydrogen (secondary N) is 5. The smallest absolute Gasteiger partial charge is 0.278 e. The van der Waals surface area contributed by atoms with Crippen LogP contribution in [-0.4, -0.2) is 177 Å².